The number of carbonyl (C=O) groups excluding carboxylic acids is 1. The van der Waals surface area contributed by atoms with Crippen molar-refractivity contribution in [3.8, 4) is 5.75 Å². The summed E-state index contributed by atoms with van der Waals surface area (Å²) in [6.45, 7) is -0.219. The second-order valence-corrected chi connectivity index (χ2v) is 10.3. The molecular formula is C33H32N2O6. The van der Waals surface area contributed by atoms with Gasteiger partial charge in [0.2, 0.25) is 0 Å². The zero-order valence-electron chi connectivity index (χ0n) is 23.0. The lowest BCUT2D eigenvalue weighted by molar-refractivity contribution is -0.137. The molecule has 0 bridgehead atoms. The standard InChI is InChI=1S/C33H32N2O6/c1-34(32(38)24-12-15-26(41-2)16-13-24)19-29-31(23-10-8-22(9-11-23)21-6-4-3-5-7-21)27-17-14-25(33(39)40)18-28(27)35(29)20-30(36)37/h3-7,10,12-18,22H,8-9,11,19-20H2,1-2H3,(H,36,37)(H,39,40). The largest absolute Gasteiger partial charge is 0.497 e. The molecule has 0 spiro atoms. The predicted molar refractivity (Wildman–Crippen MR) is 156 cm³/mol. The van der Waals surface area contributed by atoms with Gasteiger partial charge in [-0.1, -0.05) is 42.5 Å². The molecule has 0 fully saturated rings. The van der Waals surface area contributed by atoms with Gasteiger partial charge in [-0.3, -0.25) is 9.59 Å². The Morgan fingerprint density at radius 3 is 2.29 bits per heavy atom. The average molecular weight is 553 g/mol. The number of ether oxygens (including phenoxy) is 1. The van der Waals surface area contributed by atoms with Crippen LogP contribution in [0.25, 0.3) is 16.5 Å². The van der Waals surface area contributed by atoms with Crippen LogP contribution in [0.5, 0.6) is 5.75 Å². The molecule has 5 rings (SSSR count). The maximum Gasteiger partial charge on any atom is 0.335 e. The van der Waals surface area contributed by atoms with Crippen molar-refractivity contribution in [1.29, 1.82) is 0 Å². The number of hydrogen-bond acceptors (Lipinski definition) is 4. The minimum atomic E-state index is -1.09. The molecule has 1 atom stereocenters. The van der Waals surface area contributed by atoms with E-state index in [1.165, 1.54) is 11.6 Å². The van der Waals surface area contributed by atoms with E-state index < -0.39 is 11.9 Å². The van der Waals surface area contributed by atoms with Crippen LogP contribution in [0.3, 0.4) is 0 Å². The maximum absolute atomic E-state index is 13.4. The first kappa shape index (κ1) is 27.7. The van der Waals surface area contributed by atoms with Crippen LogP contribution in [-0.2, 0) is 17.9 Å². The van der Waals surface area contributed by atoms with Gasteiger partial charge in [0.1, 0.15) is 12.3 Å². The number of hydrogen-bond donors (Lipinski definition) is 2. The van der Waals surface area contributed by atoms with Crippen LogP contribution in [0.4, 0.5) is 0 Å². The Labute approximate surface area is 238 Å². The lowest BCUT2D eigenvalue weighted by atomic mass is 9.82. The summed E-state index contributed by atoms with van der Waals surface area (Å²) in [7, 11) is 3.24. The number of methoxy groups -OCH3 is 1. The molecule has 0 saturated heterocycles. The van der Waals surface area contributed by atoms with Gasteiger partial charge in [-0.25, -0.2) is 4.79 Å². The van der Waals surface area contributed by atoms with Gasteiger partial charge in [-0.15, -0.1) is 0 Å². The van der Waals surface area contributed by atoms with Crippen LogP contribution in [0, 0.1) is 0 Å². The van der Waals surface area contributed by atoms with Crippen molar-refractivity contribution in [2.75, 3.05) is 14.2 Å². The van der Waals surface area contributed by atoms with Gasteiger partial charge in [0.25, 0.3) is 5.91 Å². The average Bonchev–Trinajstić information content (AvgIpc) is 3.28. The minimum absolute atomic E-state index is 0.0733. The summed E-state index contributed by atoms with van der Waals surface area (Å²) in [6.07, 6.45) is 4.74. The quantitative estimate of drug-likeness (QED) is 0.261. The Bertz CT molecular complexity index is 1640. The van der Waals surface area contributed by atoms with E-state index in [1.54, 1.807) is 60.0 Å². The fourth-order valence-corrected chi connectivity index (χ4v) is 5.71. The van der Waals surface area contributed by atoms with Gasteiger partial charge >= 0.3 is 11.9 Å². The highest BCUT2D eigenvalue weighted by molar-refractivity contribution is 6.00. The monoisotopic (exact) mass is 552 g/mol. The molecule has 210 valence electrons. The molecule has 1 aromatic heterocycles. The van der Waals surface area contributed by atoms with Gasteiger partial charge < -0.3 is 24.4 Å². The Hall–Kier alpha value is -4.85. The molecule has 1 unspecified atom stereocenters. The Morgan fingerprint density at radius 2 is 1.68 bits per heavy atom. The fraction of sp³-hybridized carbons (Fsp3) is 0.242. The van der Waals surface area contributed by atoms with E-state index in [9.17, 15) is 24.6 Å². The number of nitrogens with zero attached hydrogens (tertiary/aromatic N) is 2. The lowest BCUT2D eigenvalue weighted by Gasteiger charge is -2.25. The number of allylic oxidation sites excluding steroid dienone is 2. The molecule has 0 saturated carbocycles. The molecule has 2 N–H and O–H groups in total. The first-order chi connectivity index (χ1) is 19.8. The van der Waals surface area contributed by atoms with E-state index in [2.05, 4.69) is 18.2 Å². The van der Waals surface area contributed by atoms with Crippen molar-refractivity contribution in [1.82, 2.24) is 9.47 Å². The molecule has 1 aliphatic carbocycles. The van der Waals surface area contributed by atoms with E-state index in [1.807, 2.05) is 18.2 Å². The number of aromatic nitrogens is 1. The number of amides is 1. The highest BCUT2D eigenvalue weighted by atomic mass is 16.5. The summed E-state index contributed by atoms with van der Waals surface area (Å²) >= 11 is 0. The summed E-state index contributed by atoms with van der Waals surface area (Å²) in [5, 5.41) is 20.3. The predicted octanol–water partition coefficient (Wildman–Crippen LogP) is 6.06. The molecule has 4 aromatic rings. The van der Waals surface area contributed by atoms with Crippen LogP contribution in [-0.4, -0.2) is 51.7 Å². The molecule has 41 heavy (non-hydrogen) atoms. The molecule has 8 heteroatoms. The van der Waals surface area contributed by atoms with Crippen molar-refractivity contribution in [2.24, 2.45) is 0 Å². The lowest BCUT2D eigenvalue weighted by Crippen LogP contribution is -2.28. The zero-order valence-corrected chi connectivity index (χ0v) is 23.0. The Balaban J connectivity index is 1.60. The molecule has 3 aromatic carbocycles. The second-order valence-electron chi connectivity index (χ2n) is 10.3. The Morgan fingerprint density at radius 1 is 0.976 bits per heavy atom. The van der Waals surface area contributed by atoms with Gasteiger partial charge in [-0.2, -0.15) is 0 Å². The van der Waals surface area contributed by atoms with Crippen molar-refractivity contribution in [3.05, 3.63) is 107 Å². The number of carbonyl (C=O) groups is 3. The van der Waals surface area contributed by atoms with Gasteiger partial charge in [0.05, 0.1) is 24.7 Å². The number of carboxylic acids is 2. The van der Waals surface area contributed by atoms with Gasteiger partial charge in [-0.05, 0) is 72.7 Å². The number of aromatic carboxylic acids is 1. The Kier molecular flexibility index (Phi) is 7.92. The summed E-state index contributed by atoms with van der Waals surface area (Å²) in [6, 6.07) is 22.0. The number of fused-ring (bicyclic) bond motifs is 1. The van der Waals surface area contributed by atoms with Crippen LogP contribution in [0.15, 0.2) is 78.9 Å². The minimum Gasteiger partial charge on any atom is -0.497 e. The molecule has 8 nitrogen and oxygen atoms in total. The maximum atomic E-state index is 13.4. The third-order valence-corrected chi connectivity index (χ3v) is 7.79. The van der Waals surface area contributed by atoms with Crippen LogP contribution in [0.1, 0.15) is 62.7 Å². The first-order valence-electron chi connectivity index (χ1n) is 13.5. The molecule has 1 heterocycles. The third-order valence-electron chi connectivity index (χ3n) is 7.79. The van der Waals surface area contributed by atoms with Crippen molar-refractivity contribution >= 4 is 34.3 Å². The summed E-state index contributed by atoms with van der Waals surface area (Å²) in [5.41, 5.74) is 4.98. The van der Waals surface area contributed by atoms with E-state index in [-0.39, 0.29) is 24.6 Å². The van der Waals surface area contributed by atoms with Crippen LogP contribution < -0.4 is 4.74 Å². The molecule has 1 amide bonds. The summed E-state index contributed by atoms with van der Waals surface area (Å²) in [4.78, 5) is 38.8. The number of aliphatic carboxylic acids is 1. The van der Waals surface area contributed by atoms with Crippen LogP contribution >= 0.6 is 0 Å². The highest BCUT2D eigenvalue weighted by Crippen LogP contribution is 2.41. The van der Waals surface area contributed by atoms with E-state index in [0.717, 1.165) is 35.8 Å². The smallest absolute Gasteiger partial charge is 0.335 e. The van der Waals surface area contributed by atoms with Crippen LogP contribution in [0.2, 0.25) is 0 Å². The number of rotatable bonds is 9. The summed E-state index contributed by atoms with van der Waals surface area (Å²) < 4.78 is 6.84. The molecular weight excluding hydrogens is 520 g/mol. The van der Waals surface area contributed by atoms with E-state index >= 15 is 0 Å². The molecule has 0 radical (unpaired) electrons. The molecule has 1 aliphatic rings. The first-order valence-corrected chi connectivity index (χ1v) is 13.5. The number of benzene rings is 3. The second kappa shape index (κ2) is 11.7. The third kappa shape index (κ3) is 5.72. The van der Waals surface area contributed by atoms with Crippen molar-refractivity contribution in [3.63, 3.8) is 0 Å². The van der Waals surface area contributed by atoms with E-state index in [4.69, 9.17) is 4.74 Å². The normalized spacial score (nSPS) is 14.9. The zero-order chi connectivity index (χ0) is 29.1. The van der Waals surface area contributed by atoms with E-state index in [0.29, 0.717) is 28.4 Å². The van der Waals surface area contributed by atoms with Gasteiger partial charge in [0.15, 0.2) is 0 Å². The highest BCUT2D eigenvalue weighted by Gasteiger charge is 2.27. The van der Waals surface area contributed by atoms with Crippen molar-refractivity contribution < 1.29 is 29.3 Å². The number of carboxylic acid groups (broad SMARTS) is 2. The molecule has 0 aliphatic heterocycles. The van der Waals surface area contributed by atoms with Gasteiger partial charge in [0, 0.05) is 29.3 Å². The summed E-state index contributed by atoms with van der Waals surface area (Å²) in [5.74, 6) is -1.35. The SMILES string of the molecule is COc1ccc(C(=O)N(C)Cc2c(C3=CCC(c4ccccc4)CC3)c3ccc(C(=O)O)cc3n2CC(=O)O)cc1. The fourth-order valence-electron chi connectivity index (χ4n) is 5.71. The van der Waals surface area contributed by atoms with Crippen molar-refractivity contribution in [2.45, 2.75) is 38.3 Å². The topological polar surface area (TPSA) is 109 Å².